The lowest BCUT2D eigenvalue weighted by Gasteiger charge is -2.35. The number of carbonyl (C=O) groups excluding carboxylic acids is 2. The van der Waals surface area contributed by atoms with E-state index in [4.69, 9.17) is 4.74 Å². The molecule has 5 heteroatoms. The molecule has 0 radical (unpaired) electrons. The molecule has 1 N–H and O–H groups in total. The van der Waals surface area contributed by atoms with Crippen LogP contribution in [-0.2, 0) is 20.7 Å². The van der Waals surface area contributed by atoms with E-state index in [1.807, 2.05) is 6.07 Å². The number of morpholine rings is 1. The van der Waals surface area contributed by atoms with Gasteiger partial charge in [0.1, 0.15) is 6.04 Å². The van der Waals surface area contributed by atoms with E-state index < -0.39 is 6.04 Å². The Hall–Kier alpha value is -1.88. The van der Waals surface area contributed by atoms with Crippen molar-refractivity contribution >= 4 is 11.8 Å². The summed E-state index contributed by atoms with van der Waals surface area (Å²) in [5, 5.41) is 3.13. The van der Waals surface area contributed by atoms with Crippen molar-refractivity contribution in [2.24, 2.45) is 5.41 Å². The van der Waals surface area contributed by atoms with Gasteiger partial charge in [0.25, 0.3) is 0 Å². The van der Waals surface area contributed by atoms with Gasteiger partial charge in [-0.1, -0.05) is 43.2 Å². The first kappa shape index (κ1) is 17.9. The number of nitrogens with zero attached hydrogens (tertiary/aromatic N) is 1. The maximum Gasteiger partial charge on any atom is 0.245 e. The van der Waals surface area contributed by atoms with Crippen LogP contribution >= 0.6 is 0 Å². The standard InChI is InChI=1S/C20H28N2O3/c1-16(23)22-11-12-25-14-18(22)19(24)21-15-20(9-5-6-10-20)13-17-7-3-2-4-8-17/h2-4,7-8,18H,5-6,9-15H2,1H3,(H,21,24). The zero-order valence-corrected chi connectivity index (χ0v) is 15.0. The smallest absolute Gasteiger partial charge is 0.245 e. The van der Waals surface area contributed by atoms with Crippen LogP contribution in [0.2, 0.25) is 0 Å². The summed E-state index contributed by atoms with van der Waals surface area (Å²) in [6.45, 7) is 3.46. The van der Waals surface area contributed by atoms with Crippen molar-refractivity contribution in [3.63, 3.8) is 0 Å². The molecule has 25 heavy (non-hydrogen) atoms. The Morgan fingerprint density at radius 3 is 2.64 bits per heavy atom. The highest BCUT2D eigenvalue weighted by Gasteiger charge is 2.36. The van der Waals surface area contributed by atoms with Crippen molar-refractivity contribution < 1.29 is 14.3 Å². The molecule has 1 aromatic rings. The molecular weight excluding hydrogens is 316 g/mol. The van der Waals surface area contributed by atoms with E-state index in [0.29, 0.717) is 19.7 Å². The second-order valence-electron chi connectivity index (χ2n) is 7.39. The van der Waals surface area contributed by atoms with Crippen molar-refractivity contribution in [3.8, 4) is 0 Å². The van der Waals surface area contributed by atoms with Gasteiger partial charge in [-0.15, -0.1) is 0 Å². The number of rotatable bonds is 5. The Bertz CT molecular complexity index is 596. The summed E-state index contributed by atoms with van der Waals surface area (Å²) in [7, 11) is 0. The van der Waals surface area contributed by atoms with E-state index in [9.17, 15) is 9.59 Å². The highest BCUT2D eigenvalue weighted by molar-refractivity contribution is 5.87. The minimum absolute atomic E-state index is 0.0664. The van der Waals surface area contributed by atoms with Crippen molar-refractivity contribution in [3.05, 3.63) is 35.9 Å². The predicted molar refractivity (Wildman–Crippen MR) is 96.1 cm³/mol. The predicted octanol–water partition coefficient (Wildman–Crippen LogP) is 2.15. The second-order valence-corrected chi connectivity index (χ2v) is 7.39. The average molecular weight is 344 g/mol. The molecule has 3 rings (SSSR count). The Morgan fingerprint density at radius 2 is 1.96 bits per heavy atom. The average Bonchev–Trinajstić information content (AvgIpc) is 3.09. The topological polar surface area (TPSA) is 58.6 Å². The molecule has 2 amide bonds. The van der Waals surface area contributed by atoms with Crippen LogP contribution in [0.1, 0.15) is 38.2 Å². The molecule has 136 valence electrons. The van der Waals surface area contributed by atoms with Crippen LogP contribution in [0.4, 0.5) is 0 Å². The Balaban J connectivity index is 1.63. The Labute approximate surface area is 149 Å². The minimum Gasteiger partial charge on any atom is -0.377 e. The molecule has 1 aliphatic heterocycles. The molecule has 1 atom stereocenters. The van der Waals surface area contributed by atoms with Crippen LogP contribution in [-0.4, -0.2) is 49.1 Å². The summed E-state index contributed by atoms with van der Waals surface area (Å²) in [6, 6.07) is 10.00. The van der Waals surface area contributed by atoms with Gasteiger partial charge in [0, 0.05) is 20.0 Å². The van der Waals surface area contributed by atoms with Crippen LogP contribution in [0, 0.1) is 5.41 Å². The fourth-order valence-corrected chi connectivity index (χ4v) is 4.16. The summed E-state index contributed by atoms with van der Waals surface area (Å²) in [6.07, 6.45) is 5.70. The number of benzene rings is 1. The van der Waals surface area contributed by atoms with Gasteiger partial charge < -0.3 is 15.0 Å². The van der Waals surface area contributed by atoms with Gasteiger partial charge in [-0.05, 0) is 30.2 Å². The summed E-state index contributed by atoms with van der Waals surface area (Å²) in [5.41, 5.74) is 1.46. The minimum atomic E-state index is -0.499. The van der Waals surface area contributed by atoms with E-state index in [0.717, 1.165) is 19.3 Å². The van der Waals surface area contributed by atoms with Crippen molar-refractivity contribution in [2.75, 3.05) is 26.3 Å². The second kappa shape index (κ2) is 8.00. The molecule has 1 heterocycles. The van der Waals surface area contributed by atoms with E-state index in [-0.39, 0.29) is 23.8 Å². The maximum atomic E-state index is 12.7. The number of amides is 2. The zero-order valence-electron chi connectivity index (χ0n) is 15.0. The van der Waals surface area contributed by atoms with Gasteiger partial charge in [0.2, 0.25) is 11.8 Å². The van der Waals surface area contributed by atoms with E-state index in [1.165, 1.54) is 25.3 Å². The van der Waals surface area contributed by atoms with Crippen LogP contribution in [0.15, 0.2) is 30.3 Å². The lowest BCUT2D eigenvalue weighted by atomic mass is 9.80. The number of carbonyl (C=O) groups is 2. The van der Waals surface area contributed by atoms with Crippen molar-refractivity contribution in [1.82, 2.24) is 10.2 Å². The highest BCUT2D eigenvalue weighted by atomic mass is 16.5. The third kappa shape index (κ3) is 4.40. The summed E-state index contributed by atoms with van der Waals surface area (Å²) < 4.78 is 5.42. The van der Waals surface area contributed by atoms with Gasteiger partial charge in [-0.25, -0.2) is 0 Å². The first-order valence-electron chi connectivity index (χ1n) is 9.26. The van der Waals surface area contributed by atoms with Crippen LogP contribution in [0.3, 0.4) is 0 Å². The lowest BCUT2D eigenvalue weighted by Crippen LogP contribution is -2.56. The number of ether oxygens (including phenoxy) is 1. The summed E-state index contributed by atoms with van der Waals surface area (Å²) in [4.78, 5) is 26.1. The number of hydrogen-bond acceptors (Lipinski definition) is 3. The van der Waals surface area contributed by atoms with Gasteiger partial charge >= 0.3 is 0 Å². The van der Waals surface area contributed by atoms with Gasteiger partial charge in [0.15, 0.2) is 0 Å². The highest BCUT2D eigenvalue weighted by Crippen LogP contribution is 2.40. The van der Waals surface area contributed by atoms with Crippen LogP contribution in [0.25, 0.3) is 0 Å². The molecule has 1 saturated carbocycles. The van der Waals surface area contributed by atoms with Crippen molar-refractivity contribution in [1.29, 1.82) is 0 Å². The van der Waals surface area contributed by atoms with Crippen LogP contribution < -0.4 is 5.32 Å². The molecule has 0 bridgehead atoms. The molecule has 2 aliphatic rings. The first-order chi connectivity index (χ1) is 12.1. The maximum absolute atomic E-state index is 12.7. The van der Waals surface area contributed by atoms with Gasteiger partial charge in [-0.3, -0.25) is 9.59 Å². The molecule has 5 nitrogen and oxygen atoms in total. The first-order valence-corrected chi connectivity index (χ1v) is 9.26. The largest absolute Gasteiger partial charge is 0.377 e. The zero-order chi connectivity index (χ0) is 17.7. The van der Waals surface area contributed by atoms with Gasteiger partial charge in [-0.2, -0.15) is 0 Å². The van der Waals surface area contributed by atoms with E-state index in [2.05, 4.69) is 29.6 Å². The number of hydrogen-bond donors (Lipinski definition) is 1. The quantitative estimate of drug-likeness (QED) is 0.890. The SMILES string of the molecule is CC(=O)N1CCOCC1C(=O)NCC1(Cc2ccccc2)CCCC1. The lowest BCUT2D eigenvalue weighted by molar-refractivity contribution is -0.147. The van der Waals surface area contributed by atoms with Gasteiger partial charge in [0.05, 0.1) is 13.2 Å². The van der Waals surface area contributed by atoms with E-state index in [1.54, 1.807) is 4.90 Å². The summed E-state index contributed by atoms with van der Waals surface area (Å²) in [5.74, 6) is -0.155. The normalized spacial score (nSPS) is 22.6. The molecular formula is C20H28N2O3. The Morgan fingerprint density at radius 1 is 1.24 bits per heavy atom. The molecule has 1 aromatic carbocycles. The molecule has 0 spiro atoms. The molecule has 1 aliphatic carbocycles. The van der Waals surface area contributed by atoms with Crippen LogP contribution in [0.5, 0.6) is 0 Å². The third-order valence-corrected chi connectivity index (χ3v) is 5.56. The third-order valence-electron chi connectivity index (χ3n) is 5.56. The summed E-state index contributed by atoms with van der Waals surface area (Å²) >= 11 is 0. The molecule has 1 unspecified atom stereocenters. The monoisotopic (exact) mass is 344 g/mol. The number of nitrogens with one attached hydrogen (secondary N) is 1. The Kier molecular flexibility index (Phi) is 5.74. The molecule has 2 fully saturated rings. The molecule has 0 aromatic heterocycles. The van der Waals surface area contributed by atoms with Crippen molar-refractivity contribution in [2.45, 2.75) is 45.1 Å². The fourth-order valence-electron chi connectivity index (χ4n) is 4.16. The molecule has 1 saturated heterocycles. The fraction of sp³-hybridized carbons (Fsp3) is 0.600. The van der Waals surface area contributed by atoms with E-state index >= 15 is 0 Å².